The van der Waals surface area contributed by atoms with E-state index in [1.165, 1.54) is 7.11 Å². The Labute approximate surface area is 93.3 Å². The summed E-state index contributed by atoms with van der Waals surface area (Å²) in [5.41, 5.74) is 0. The predicted octanol–water partition coefficient (Wildman–Crippen LogP) is 2.57. The van der Waals surface area contributed by atoms with Gasteiger partial charge in [-0.25, -0.2) is 0 Å². The fourth-order valence-corrected chi connectivity index (χ4v) is 3.32. The van der Waals surface area contributed by atoms with Gasteiger partial charge < -0.3 is 9.16 Å². The van der Waals surface area contributed by atoms with E-state index in [2.05, 4.69) is 19.6 Å². The van der Waals surface area contributed by atoms with E-state index in [-0.39, 0.29) is 11.9 Å². The second-order valence-corrected chi connectivity index (χ2v) is 9.69. The summed E-state index contributed by atoms with van der Waals surface area (Å²) >= 11 is 0. The van der Waals surface area contributed by atoms with Gasteiger partial charge in [0.25, 0.3) is 0 Å². The molecule has 1 saturated carbocycles. The van der Waals surface area contributed by atoms with Crippen molar-refractivity contribution in [1.82, 2.24) is 0 Å². The first-order chi connectivity index (χ1) is 6.92. The summed E-state index contributed by atoms with van der Waals surface area (Å²) in [6.45, 7) is 6.62. The number of hydrogen-bond donors (Lipinski definition) is 0. The first kappa shape index (κ1) is 12.7. The minimum atomic E-state index is -1.42. The Morgan fingerprint density at radius 2 is 1.67 bits per heavy atom. The fourth-order valence-electron chi connectivity index (χ4n) is 2.08. The zero-order valence-electron chi connectivity index (χ0n) is 10.2. The van der Waals surface area contributed by atoms with Gasteiger partial charge in [-0.05, 0) is 45.3 Å². The van der Waals surface area contributed by atoms with Crippen molar-refractivity contribution in [2.24, 2.45) is 5.92 Å². The minimum absolute atomic E-state index is 0.0542. The van der Waals surface area contributed by atoms with Crippen LogP contribution in [-0.4, -0.2) is 27.5 Å². The lowest BCUT2D eigenvalue weighted by molar-refractivity contribution is -0.147. The number of methoxy groups -OCH3 is 1. The number of carbonyl (C=O) groups is 1. The zero-order chi connectivity index (χ0) is 11.5. The zero-order valence-corrected chi connectivity index (χ0v) is 11.2. The molecule has 0 amide bonds. The van der Waals surface area contributed by atoms with E-state index >= 15 is 0 Å². The van der Waals surface area contributed by atoms with Crippen LogP contribution >= 0.6 is 0 Å². The highest BCUT2D eigenvalue weighted by Crippen LogP contribution is 2.28. The fraction of sp³-hybridized carbons (Fsp3) is 0.909. The van der Waals surface area contributed by atoms with Gasteiger partial charge in [-0.2, -0.15) is 0 Å². The quantitative estimate of drug-likeness (QED) is 0.552. The Balaban J connectivity index is 2.33. The van der Waals surface area contributed by atoms with E-state index in [0.717, 1.165) is 25.7 Å². The van der Waals surface area contributed by atoms with Crippen molar-refractivity contribution >= 4 is 14.3 Å². The second-order valence-electron chi connectivity index (χ2n) is 5.23. The number of carbonyl (C=O) groups excluding carboxylic acids is 1. The van der Waals surface area contributed by atoms with Crippen LogP contribution in [0.5, 0.6) is 0 Å². The van der Waals surface area contributed by atoms with E-state index in [1.807, 2.05) is 0 Å². The largest absolute Gasteiger partial charge is 0.469 e. The molecule has 0 N–H and O–H groups in total. The highest BCUT2D eigenvalue weighted by molar-refractivity contribution is 6.69. The molecule has 0 saturated heterocycles. The predicted molar refractivity (Wildman–Crippen MR) is 62.2 cm³/mol. The van der Waals surface area contributed by atoms with Gasteiger partial charge in [-0.3, -0.25) is 4.79 Å². The Morgan fingerprint density at radius 1 is 1.13 bits per heavy atom. The summed E-state index contributed by atoms with van der Waals surface area (Å²) in [6, 6.07) is 0. The lowest BCUT2D eigenvalue weighted by Crippen LogP contribution is -2.35. The number of hydrogen-bond acceptors (Lipinski definition) is 3. The third kappa shape index (κ3) is 4.34. The molecule has 1 aliphatic rings. The van der Waals surface area contributed by atoms with Crippen LogP contribution in [0.25, 0.3) is 0 Å². The third-order valence-electron chi connectivity index (χ3n) is 2.73. The van der Waals surface area contributed by atoms with Crippen LogP contribution in [0.3, 0.4) is 0 Å². The Morgan fingerprint density at radius 3 is 2.07 bits per heavy atom. The van der Waals surface area contributed by atoms with Crippen LogP contribution in [-0.2, 0) is 14.0 Å². The number of ether oxygens (including phenoxy) is 1. The first-order valence-corrected chi connectivity index (χ1v) is 9.09. The monoisotopic (exact) mass is 230 g/mol. The van der Waals surface area contributed by atoms with Crippen LogP contribution in [0.2, 0.25) is 19.6 Å². The van der Waals surface area contributed by atoms with Crippen molar-refractivity contribution in [3.8, 4) is 0 Å². The average molecular weight is 230 g/mol. The van der Waals surface area contributed by atoms with Crippen molar-refractivity contribution in [3.05, 3.63) is 0 Å². The maximum absolute atomic E-state index is 11.3. The summed E-state index contributed by atoms with van der Waals surface area (Å²) in [7, 11) is 0.0470. The smallest absolute Gasteiger partial charge is 0.308 e. The van der Waals surface area contributed by atoms with Crippen molar-refractivity contribution in [1.29, 1.82) is 0 Å². The summed E-state index contributed by atoms with van der Waals surface area (Å²) in [6.07, 6.45) is 4.22. The molecule has 0 bridgehead atoms. The average Bonchev–Trinajstić information content (AvgIpc) is 2.15. The molecule has 0 aromatic carbocycles. The molecule has 1 fully saturated rings. The van der Waals surface area contributed by atoms with E-state index in [4.69, 9.17) is 9.16 Å². The first-order valence-electron chi connectivity index (χ1n) is 5.68. The van der Waals surface area contributed by atoms with Crippen LogP contribution in [0.4, 0.5) is 0 Å². The summed E-state index contributed by atoms with van der Waals surface area (Å²) in [5.74, 6) is 0.0536. The van der Waals surface area contributed by atoms with Crippen LogP contribution in [0.15, 0.2) is 0 Å². The van der Waals surface area contributed by atoms with Gasteiger partial charge >= 0.3 is 5.97 Å². The van der Waals surface area contributed by atoms with E-state index in [1.54, 1.807) is 0 Å². The van der Waals surface area contributed by atoms with E-state index in [0.29, 0.717) is 6.10 Å². The highest BCUT2D eigenvalue weighted by atomic mass is 28.4. The molecule has 1 aliphatic carbocycles. The molecular weight excluding hydrogens is 208 g/mol. The lowest BCUT2D eigenvalue weighted by Gasteiger charge is -2.31. The Bertz CT molecular complexity index is 214. The molecule has 0 aliphatic heterocycles. The molecule has 0 spiro atoms. The topological polar surface area (TPSA) is 35.5 Å². The molecule has 1 rings (SSSR count). The second kappa shape index (κ2) is 5.12. The molecule has 0 heterocycles. The maximum atomic E-state index is 11.3. The third-order valence-corrected chi connectivity index (χ3v) is 3.77. The van der Waals surface area contributed by atoms with Gasteiger partial charge in [-0.15, -0.1) is 0 Å². The van der Waals surface area contributed by atoms with Crippen LogP contribution < -0.4 is 0 Å². The van der Waals surface area contributed by atoms with E-state index in [9.17, 15) is 4.79 Å². The molecule has 15 heavy (non-hydrogen) atoms. The molecule has 0 unspecified atom stereocenters. The number of esters is 1. The van der Waals surface area contributed by atoms with Crippen molar-refractivity contribution in [3.63, 3.8) is 0 Å². The summed E-state index contributed by atoms with van der Waals surface area (Å²) < 4.78 is 10.8. The molecule has 88 valence electrons. The Kier molecular flexibility index (Phi) is 4.34. The molecular formula is C11H22O3Si. The van der Waals surface area contributed by atoms with Crippen molar-refractivity contribution in [2.75, 3.05) is 7.11 Å². The van der Waals surface area contributed by atoms with E-state index < -0.39 is 8.32 Å². The SMILES string of the molecule is COC(=O)C1CCC(O[Si](C)(C)C)CC1. The van der Waals surface area contributed by atoms with Gasteiger partial charge in [0.15, 0.2) is 8.32 Å². The molecule has 0 atom stereocenters. The Hall–Kier alpha value is -0.353. The molecule has 0 aromatic heterocycles. The summed E-state index contributed by atoms with van der Waals surface area (Å²) in [4.78, 5) is 11.3. The van der Waals surface area contributed by atoms with Gasteiger partial charge in [0.2, 0.25) is 0 Å². The molecule has 3 nitrogen and oxygen atoms in total. The van der Waals surface area contributed by atoms with Gasteiger partial charge in [-0.1, -0.05) is 0 Å². The van der Waals surface area contributed by atoms with Crippen molar-refractivity contribution in [2.45, 2.75) is 51.4 Å². The molecule has 0 aromatic rings. The van der Waals surface area contributed by atoms with Crippen molar-refractivity contribution < 1.29 is 14.0 Å². The highest BCUT2D eigenvalue weighted by Gasteiger charge is 2.29. The summed E-state index contributed by atoms with van der Waals surface area (Å²) in [5, 5.41) is 0. The van der Waals surface area contributed by atoms with Crippen LogP contribution in [0.1, 0.15) is 25.7 Å². The van der Waals surface area contributed by atoms with Gasteiger partial charge in [0.1, 0.15) is 0 Å². The molecule has 0 radical (unpaired) electrons. The normalized spacial score (nSPS) is 27.5. The lowest BCUT2D eigenvalue weighted by atomic mass is 9.88. The standard InChI is InChI=1S/C11H22O3Si/c1-13-11(12)9-5-7-10(8-6-9)14-15(2,3)4/h9-10H,5-8H2,1-4H3. The molecule has 4 heteroatoms. The number of rotatable bonds is 3. The van der Waals surface area contributed by atoms with Gasteiger partial charge in [0, 0.05) is 6.10 Å². The maximum Gasteiger partial charge on any atom is 0.308 e. The minimum Gasteiger partial charge on any atom is -0.469 e. The van der Waals surface area contributed by atoms with Crippen LogP contribution in [0, 0.1) is 5.92 Å². The van der Waals surface area contributed by atoms with Gasteiger partial charge in [0.05, 0.1) is 13.0 Å².